The molecular formula is C19H27ClN2O2. The minimum atomic E-state index is -0.705. The third-order valence-electron chi connectivity index (χ3n) is 5.13. The Morgan fingerprint density at radius 1 is 1.33 bits per heavy atom. The fraction of sp³-hybridized carbons (Fsp3) is 0.632. The zero-order valence-corrected chi connectivity index (χ0v) is 15.0. The fourth-order valence-corrected chi connectivity index (χ4v) is 3.73. The molecule has 1 atom stereocenters. The second kappa shape index (κ2) is 7.85. The summed E-state index contributed by atoms with van der Waals surface area (Å²) in [5.74, 6) is 0.0309. The van der Waals surface area contributed by atoms with Crippen LogP contribution >= 0.6 is 11.6 Å². The summed E-state index contributed by atoms with van der Waals surface area (Å²) < 4.78 is 0. The van der Waals surface area contributed by atoms with Crippen molar-refractivity contribution in [3.8, 4) is 0 Å². The van der Waals surface area contributed by atoms with Crippen molar-refractivity contribution in [1.82, 2.24) is 10.2 Å². The van der Waals surface area contributed by atoms with E-state index in [4.69, 9.17) is 16.7 Å². The van der Waals surface area contributed by atoms with Crippen LogP contribution < -0.4 is 5.32 Å². The molecule has 1 aromatic rings. The van der Waals surface area contributed by atoms with Gasteiger partial charge in [0.05, 0.1) is 6.54 Å². The molecule has 2 N–H and O–H groups in total. The van der Waals surface area contributed by atoms with Gasteiger partial charge in [-0.2, -0.15) is 0 Å². The van der Waals surface area contributed by atoms with E-state index in [1.54, 1.807) is 0 Å². The van der Waals surface area contributed by atoms with E-state index in [9.17, 15) is 4.79 Å². The molecule has 3 rings (SSSR count). The van der Waals surface area contributed by atoms with Crippen molar-refractivity contribution < 1.29 is 9.90 Å². The third kappa shape index (κ3) is 5.20. The maximum absolute atomic E-state index is 11.1. The molecule has 0 bridgehead atoms. The van der Waals surface area contributed by atoms with Crippen molar-refractivity contribution in [1.29, 1.82) is 0 Å². The summed E-state index contributed by atoms with van der Waals surface area (Å²) in [6.07, 6.45) is 5.64. The predicted molar refractivity (Wildman–Crippen MR) is 96.5 cm³/mol. The summed E-state index contributed by atoms with van der Waals surface area (Å²) in [4.78, 5) is 13.3. The van der Waals surface area contributed by atoms with Gasteiger partial charge in [0.1, 0.15) is 0 Å². The normalized spacial score (nSPS) is 24.6. The van der Waals surface area contributed by atoms with E-state index in [1.165, 1.54) is 18.4 Å². The lowest BCUT2D eigenvalue weighted by atomic mass is 9.84. The number of nitrogens with zero attached hydrogens (tertiary/aromatic N) is 1. The quantitative estimate of drug-likeness (QED) is 0.718. The summed E-state index contributed by atoms with van der Waals surface area (Å²) in [6.45, 7) is 3.36. The number of hydrogen-bond donors (Lipinski definition) is 2. The van der Waals surface area contributed by atoms with Crippen molar-refractivity contribution in [3.05, 3.63) is 34.9 Å². The van der Waals surface area contributed by atoms with Gasteiger partial charge in [-0.25, -0.2) is 0 Å². The highest BCUT2D eigenvalue weighted by molar-refractivity contribution is 6.30. The van der Waals surface area contributed by atoms with Crippen LogP contribution in [0.15, 0.2) is 24.3 Å². The van der Waals surface area contributed by atoms with E-state index < -0.39 is 5.97 Å². The lowest BCUT2D eigenvalue weighted by Crippen LogP contribution is -2.56. The Labute approximate surface area is 149 Å². The molecule has 0 spiro atoms. The van der Waals surface area contributed by atoms with E-state index in [2.05, 4.69) is 29.3 Å². The molecule has 2 aliphatic rings. The second-order valence-corrected chi connectivity index (χ2v) is 7.92. The molecule has 2 aliphatic carbocycles. The van der Waals surface area contributed by atoms with Gasteiger partial charge in [0, 0.05) is 29.7 Å². The molecule has 0 saturated heterocycles. The van der Waals surface area contributed by atoms with Gasteiger partial charge in [-0.1, -0.05) is 23.7 Å². The molecule has 24 heavy (non-hydrogen) atoms. The van der Waals surface area contributed by atoms with Crippen LogP contribution in [-0.4, -0.2) is 47.2 Å². The minimum absolute atomic E-state index is 0.189. The van der Waals surface area contributed by atoms with Gasteiger partial charge in [-0.3, -0.25) is 9.69 Å². The SMILES string of the molecule is CC(Cc1ccc(Cl)cc1)NC1CC(N(CC(=O)O)CC2CC2)C1. The zero-order chi connectivity index (χ0) is 17.1. The van der Waals surface area contributed by atoms with Crippen molar-refractivity contribution in [3.63, 3.8) is 0 Å². The van der Waals surface area contributed by atoms with Crippen LogP contribution in [0.4, 0.5) is 0 Å². The van der Waals surface area contributed by atoms with Gasteiger partial charge < -0.3 is 10.4 Å². The van der Waals surface area contributed by atoms with Gasteiger partial charge in [0.2, 0.25) is 0 Å². The third-order valence-corrected chi connectivity index (χ3v) is 5.38. The summed E-state index contributed by atoms with van der Waals surface area (Å²) >= 11 is 5.92. The van der Waals surface area contributed by atoms with Gasteiger partial charge in [0.15, 0.2) is 0 Å². The molecule has 4 nitrogen and oxygen atoms in total. The van der Waals surface area contributed by atoms with E-state index in [0.717, 1.165) is 36.7 Å². The number of halogens is 1. The number of rotatable bonds is 9. The Hall–Kier alpha value is -1.10. The number of carbonyl (C=O) groups is 1. The molecule has 0 heterocycles. The first-order valence-electron chi connectivity index (χ1n) is 8.96. The van der Waals surface area contributed by atoms with Gasteiger partial charge in [-0.05, 0) is 62.6 Å². The Morgan fingerprint density at radius 3 is 2.58 bits per heavy atom. The van der Waals surface area contributed by atoms with Crippen molar-refractivity contribution in [2.75, 3.05) is 13.1 Å². The van der Waals surface area contributed by atoms with Crippen molar-refractivity contribution in [2.45, 2.75) is 57.2 Å². The molecule has 2 saturated carbocycles. The molecule has 0 aliphatic heterocycles. The average Bonchev–Trinajstić information content (AvgIpc) is 3.28. The number of benzene rings is 1. The summed E-state index contributed by atoms with van der Waals surface area (Å²) in [5.41, 5.74) is 1.29. The van der Waals surface area contributed by atoms with E-state index in [1.807, 2.05) is 12.1 Å². The van der Waals surface area contributed by atoms with Gasteiger partial charge in [-0.15, -0.1) is 0 Å². The number of nitrogens with one attached hydrogen (secondary N) is 1. The van der Waals surface area contributed by atoms with Crippen molar-refractivity contribution in [2.24, 2.45) is 5.92 Å². The average molecular weight is 351 g/mol. The monoisotopic (exact) mass is 350 g/mol. The van der Waals surface area contributed by atoms with Gasteiger partial charge in [0.25, 0.3) is 0 Å². The molecule has 0 amide bonds. The van der Waals surface area contributed by atoms with Crippen LogP contribution in [0.2, 0.25) is 5.02 Å². The Morgan fingerprint density at radius 2 is 2.00 bits per heavy atom. The van der Waals surface area contributed by atoms with Crippen LogP contribution in [0.1, 0.15) is 38.2 Å². The largest absolute Gasteiger partial charge is 0.480 e. The molecular weight excluding hydrogens is 324 g/mol. The Kier molecular flexibility index (Phi) is 5.80. The molecule has 0 radical (unpaired) electrons. The fourth-order valence-electron chi connectivity index (χ4n) is 3.61. The first kappa shape index (κ1) is 17.7. The van der Waals surface area contributed by atoms with Crippen LogP contribution in [0.3, 0.4) is 0 Å². The second-order valence-electron chi connectivity index (χ2n) is 7.49. The van der Waals surface area contributed by atoms with Crippen LogP contribution in [-0.2, 0) is 11.2 Å². The highest BCUT2D eigenvalue weighted by Crippen LogP contribution is 2.33. The van der Waals surface area contributed by atoms with E-state index in [-0.39, 0.29) is 6.54 Å². The Bertz CT molecular complexity index is 553. The van der Waals surface area contributed by atoms with Crippen LogP contribution in [0.25, 0.3) is 0 Å². The smallest absolute Gasteiger partial charge is 0.317 e. The number of aliphatic carboxylic acids is 1. The molecule has 1 aromatic carbocycles. The van der Waals surface area contributed by atoms with Gasteiger partial charge >= 0.3 is 5.97 Å². The molecule has 1 unspecified atom stereocenters. The summed E-state index contributed by atoms with van der Waals surface area (Å²) in [7, 11) is 0. The Balaban J connectivity index is 1.41. The minimum Gasteiger partial charge on any atom is -0.480 e. The lowest BCUT2D eigenvalue weighted by Gasteiger charge is -2.44. The molecule has 0 aromatic heterocycles. The number of carboxylic acids is 1. The first-order chi connectivity index (χ1) is 11.5. The number of hydrogen-bond acceptors (Lipinski definition) is 3. The predicted octanol–water partition coefficient (Wildman–Crippen LogP) is 3.19. The topological polar surface area (TPSA) is 52.6 Å². The van der Waals surface area contributed by atoms with Crippen molar-refractivity contribution >= 4 is 17.6 Å². The summed E-state index contributed by atoms with van der Waals surface area (Å²) in [5, 5.41) is 13.6. The highest BCUT2D eigenvalue weighted by atomic mass is 35.5. The first-order valence-corrected chi connectivity index (χ1v) is 9.33. The number of carboxylic acid groups (broad SMARTS) is 1. The van der Waals surface area contributed by atoms with Crippen LogP contribution in [0, 0.1) is 5.92 Å². The van der Waals surface area contributed by atoms with E-state index >= 15 is 0 Å². The van der Waals surface area contributed by atoms with Crippen LogP contribution in [0.5, 0.6) is 0 Å². The highest BCUT2D eigenvalue weighted by Gasteiger charge is 2.37. The summed E-state index contributed by atoms with van der Waals surface area (Å²) in [6, 6.07) is 9.38. The molecule has 5 heteroatoms. The lowest BCUT2D eigenvalue weighted by molar-refractivity contribution is -0.139. The zero-order valence-electron chi connectivity index (χ0n) is 14.2. The maximum Gasteiger partial charge on any atom is 0.317 e. The molecule has 2 fully saturated rings. The maximum atomic E-state index is 11.1. The standard InChI is InChI=1S/C19H27ClN2O2/c1-13(8-14-4-6-16(20)7-5-14)21-17-9-18(10-17)22(12-19(23)24)11-15-2-3-15/h4-7,13,15,17-18,21H,2-3,8-12H2,1H3,(H,23,24). The molecule has 132 valence electrons. The van der Waals surface area contributed by atoms with E-state index in [0.29, 0.717) is 18.1 Å².